The van der Waals surface area contributed by atoms with Gasteiger partial charge >= 0.3 is 0 Å². The van der Waals surface area contributed by atoms with E-state index in [2.05, 4.69) is 10.6 Å². The summed E-state index contributed by atoms with van der Waals surface area (Å²) in [5.41, 5.74) is 7.70. The van der Waals surface area contributed by atoms with Gasteiger partial charge in [0.2, 0.25) is 5.91 Å². The lowest BCUT2D eigenvalue weighted by molar-refractivity contribution is -0.120. The van der Waals surface area contributed by atoms with Crippen LogP contribution >= 0.6 is 0 Å². The van der Waals surface area contributed by atoms with Crippen LogP contribution in [0.25, 0.3) is 0 Å². The maximum Gasteiger partial charge on any atom is 0.251 e. The molecule has 0 unspecified atom stereocenters. The van der Waals surface area contributed by atoms with Crippen LogP contribution in [0, 0.1) is 6.92 Å². The largest absolute Gasteiger partial charge is 0.398 e. The summed E-state index contributed by atoms with van der Waals surface area (Å²) in [5.74, 6) is -0.432. The molecule has 0 spiro atoms. The van der Waals surface area contributed by atoms with Gasteiger partial charge in [0.05, 0.1) is 6.54 Å². The molecule has 0 bridgehead atoms. The summed E-state index contributed by atoms with van der Waals surface area (Å²) in [6, 6.07) is 5.40. The van der Waals surface area contributed by atoms with Crippen LogP contribution in [0.1, 0.15) is 28.8 Å². The van der Waals surface area contributed by atoms with E-state index in [1.165, 1.54) is 0 Å². The molecule has 0 heterocycles. The van der Waals surface area contributed by atoms with Crippen LogP contribution in [0.3, 0.4) is 0 Å². The summed E-state index contributed by atoms with van der Waals surface area (Å²) < 4.78 is 0. The van der Waals surface area contributed by atoms with Crippen molar-refractivity contribution in [2.75, 3.05) is 12.3 Å². The summed E-state index contributed by atoms with van der Waals surface area (Å²) in [5, 5.41) is 5.37. The zero-order chi connectivity index (χ0) is 13.1. The normalized spacial score (nSPS) is 14.1. The molecule has 1 fully saturated rings. The topological polar surface area (TPSA) is 84.2 Å². The van der Waals surface area contributed by atoms with Crippen LogP contribution in [0.15, 0.2) is 18.2 Å². The quantitative estimate of drug-likeness (QED) is 0.681. The number of nitrogens with two attached hydrogens (primary N) is 1. The monoisotopic (exact) mass is 247 g/mol. The first-order chi connectivity index (χ1) is 8.56. The zero-order valence-corrected chi connectivity index (χ0v) is 10.3. The molecule has 96 valence electrons. The van der Waals surface area contributed by atoms with Crippen LogP contribution in [0.5, 0.6) is 0 Å². The number of hydrogen-bond donors (Lipinski definition) is 3. The molecule has 1 aromatic rings. The predicted octanol–water partition coefficient (Wildman–Crippen LogP) is 0.586. The van der Waals surface area contributed by atoms with Crippen LogP contribution in [0.2, 0.25) is 0 Å². The fourth-order valence-corrected chi connectivity index (χ4v) is 1.55. The van der Waals surface area contributed by atoms with Crippen molar-refractivity contribution in [3.05, 3.63) is 29.3 Å². The lowest BCUT2D eigenvalue weighted by Gasteiger charge is -2.07. The minimum absolute atomic E-state index is 0.00309. The van der Waals surface area contributed by atoms with Gasteiger partial charge in [-0.05, 0) is 37.5 Å². The number of aryl methyl sites for hydroxylation is 1. The third kappa shape index (κ3) is 3.23. The SMILES string of the molecule is Cc1ccc(C(=O)NCC(=O)NC2CC2)cc1N. The first-order valence-corrected chi connectivity index (χ1v) is 6.00. The Morgan fingerprint density at radius 2 is 2.11 bits per heavy atom. The lowest BCUT2D eigenvalue weighted by atomic mass is 10.1. The molecule has 18 heavy (non-hydrogen) atoms. The molecular weight excluding hydrogens is 230 g/mol. The molecule has 0 aromatic heterocycles. The first-order valence-electron chi connectivity index (χ1n) is 6.00. The number of carbonyl (C=O) groups is 2. The van der Waals surface area contributed by atoms with Gasteiger partial charge < -0.3 is 16.4 Å². The van der Waals surface area contributed by atoms with E-state index >= 15 is 0 Å². The fraction of sp³-hybridized carbons (Fsp3) is 0.385. The molecule has 0 atom stereocenters. The van der Waals surface area contributed by atoms with E-state index in [1.54, 1.807) is 18.2 Å². The van der Waals surface area contributed by atoms with Crippen LogP contribution in [-0.2, 0) is 4.79 Å². The van der Waals surface area contributed by atoms with Crippen molar-refractivity contribution >= 4 is 17.5 Å². The van der Waals surface area contributed by atoms with Gasteiger partial charge in [-0.1, -0.05) is 6.07 Å². The average Bonchev–Trinajstić information content (AvgIpc) is 3.13. The van der Waals surface area contributed by atoms with E-state index in [0.717, 1.165) is 18.4 Å². The van der Waals surface area contributed by atoms with Crippen molar-refractivity contribution in [1.82, 2.24) is 10.6 Å². The maximum atomic E-state index is 11.8. The number of benzene rings is 1. The highest BCUT2D eigenvalue weighted by molar-refractivity contribution is 5.97. The Morgan fingerprint density at radius 3 is 2.72 bits per heavy atom. The number of amides is 2. The van der Waals surface area contributed by atoms with E-state index in [0.29, 0.717) is 17.3 Å². The highest BCUT2D eigenvalue weighted by Crippen LogP contribution is 2.18. The second-order valence-corrected chi connectivity index (χ2v) is 4.60. The molecule has 2 amide bonds. The Balaban J connectivity index is 1.86. The second-order valence-electron chi connectivity index (χ2n) is 4.60. The molecule has 2 rings (SSSR count). The molecule has 0 radical (unpaired) electrons. The van der Waals surface area contributed by atoms with Crippen molar-refractivity contribution < 1.29 is 9.59 Å². The highest BCUT2D eigenvalue weighted by Gasteiger charge is 2.23. The third-order valence-corrected chi connectivity index (χ3v) is 2.89. The van der Waals surface area contributed by atoms with Gasteiger partial charge in [0, 0.05) is 17.3 Å². The number of carbonyl (C=O) groups excluding carboxylic acids is 2. The van der Waals surface area contributed by atoms with E-state index in [4.69, 9.17) is 5.73 Å². The molecule has 1 saturated carbocycles. The van der Waals surface area contributed by atoms with Crippen molar-refractivity contribution in [1.29, 1.82) is 0 Å². The predicted molar refractivity (Wildman–Crippen MR) is 69.1 cm³/mol. The van der Waals surface area contributed by atoms with Gasteiger partial charge in [-0.3, -0.25) is 9.59 Å². The van der Waals surface area contributed by atoms with Gasteiger partial charge in [0.15, 0.2) is 0 Å². The molecule has 5 nitrogen and oxygen atoms in total. The zero-order valence-electron chi connectivity index (χ0n) is 10.3. The third-order valence-electron chi connectivity index (χ3n) is 2.89. The van der Waals surface area contributed by atoms with Crippen LogP contribution < -0.4 is 16.4 Å². The molecule has 1 aliphatic rings. The Morgan fingerprint density at radius 1 is 1.39 bits per heavy atom. The molecule has 0 aliphatic heterocycles. The smallest absolute Gasteiger partial charge is 0.251 e. The Labute approximate surface area is 106 Å². The molecular formula is C13H17N3O2. The van der Waals surface area contributed by atoms with Gasteiger partial charge in [0.1, 0.15) is 0 Å². The number of nitrogen functional groups attached to an aromatic ring is 1. The van der Waals surface area contributed by atoms with Gasteiger partial charge in [0.25, 0.3) is 5.91 Å². The second kappa shape index (κ2) is 5.08. The fourth-order valence-electron chi connectivity index (χ4n) is 1.55. The molecule has 1 aromatic carbocycles. The van der Waals surface area contributed by atoms with Gasteiger partial charge in [-0.15, -0.1) is 0 Å². The molecule has 5 heteroatoms. The molecule has 1 aliphatic carbocycles. The van der Waals surface area contributed by atoms with E-state index in [9.17, 15) is 9.59 Å². The number of anilines is 1. The minimum Gasteiger partial charge on any atom is -0.398 e. The summed E-state index contributed by atoms with van der Waals surface area (Å²) in [6.07, 6.45) is 2.07. The summed E-state index contributed by atoms with van der Waals surface area (Å²) in [4.78, 5) is 23.2. The average molecular weight is 247 g/mol. The number of nitrogens with one attached hydrogen (secondary N) is 2. The Hall–Kier alpha value is -2.04. The summed E-state index contributed by atoms with van der Waals surface area (Å²) >= 11 is 0. The van der Waals surface area contributed by atoms with Gasteiger partial charge in [-0.25, -0.2) is 0 Å². The van der Waals surface area contributed by atoms with E-state index in [-0.39, 0.29) is 18.4 Å². The molecule has 0 saturated heterocycles. The Kier molecular flexibility index (Phi) is 3.50. The maximum absolute atomic E-state index is 11.8. The van der Waals surface area contributed by atoms with Crippen molar-refractivity contribution in [3.8, 4) is 0 Å². The van der Waals surface area contributed by atoms with E-state index in [1.807, 2.05) is 6.92 Å². The first kappa shape index (κ1) is 12.4. The van der Waals surface area contributed by atoms with Crippen molar-refractivity contribution in [2.24, 2.45) is 0 Å². The van der Waals surface area contributed by atoms with Crippen LogP contribution in [0.4, 0.5) is 5.69 Å². The number of rotatable bonds is 4. The lowest BCUT2D eigenvalue weighted by Crippen LogP contribution is -2.37. The van der Waals surface area contributed by atoms with Crippen molar-refractivity contribution in [2.45, 2.75) is 25.8 Å². The highest BCUT2D eigenvalue weighted by atomic mass is 16.2. The summed E-state index contributed by atoms with van der Waals surface area (Å²) in [6.45, 7) is 1.88. The Bertz CT molecular complexity index is 481. The van der Waals surface area contributed by atoms with Crippen molar-refractivity contribution in [3.63, 3.8) is 0 Å². The molecule has 4 N–H and O–H groups in total. The summed E-state index contributed by atoms with van der Waals surface area (Å²) in [7, 11) is 0. The minimum atomic E-state index is -0.285. The standard InChI is InChI=1S/C13H17N3O2/c1-8-2-3-9(6-11(8)14)13(18)15-7-12(17)16-10-4-5-10/h2-3,6,10H,4-5,7,14H2,1H3,(H,15,18)(H,16,17). The van der Waals surface area contributed by atoms with Crippen LogP contribution in [-0.4, -0.2) is 24.4 Å². The van der Waals surface area contributed by atoms with Gasteiger partial charge in [-0.2, -0.15) is 0 Å². The van der Waals surface area contributed by atoms with E-state index < -0.39 is 0 Å². The number of hydrogen-bond acceptors (Lipinski definition) is 3.